The summed E-state index contributed by atoms with van der Waals surface area (Å²) in [5.74, 6) is 1.60. The first-order chi connectivity index (χ1) is 9.97. The molecule has 0 bridgehead atoms. The number of nitrogens with zero attached hydrogens (tertiary/aromatic N) is 2. The number of hydrogen-bond acceptors (Lipinski definition) is 4. The van der Waals surface area contributed by atoms with E-state index < -0.39 is 0 Å². The molecule has 6 nitrogen and oxygen atoms in total. The van der Waals surface area contributed by atoms with Crippen LogP contribution in [0.1, 0.15) is 29.7 Å². The minimum Gasteiger partial charge on any atom is -0.469 e. The van der Waals surface area contributed by atoms with Crippen molar-refractivity contribution in [2.45, 2.75) is 39.8 Å². The predicted molar refractivity (Wildman–Crippen MR) is 77.8 cm³/mol. The Morgan fingerprint density at radius 1 is 1.48 bits per heavy atom. The molecule has 6 heteroatoms. The third-order valence-corrected chi connectivity index (χ3v) is 3.38. The molecule has 1 atom stereocenters. The molecular formula is C15H21N3O3. The van der Waals surface area contributed by atoms with Gasteiger partial charge in [-0.25, -0.2) is 4.79 Å². The van der Waals surface area contributed by atoms with E-state index in [1.165, 1.54) is 0 Å². The zero-order chi connectivity index (χ0) is 15.4. The summed E-state index contributed by atoms with van der Waals surface area (Å²) in [5.41, 5.74) is 1.77. The van der Waals surface area contributed by atoms with Crippen molar-refractivity contribution in [2.24, 2.45) is 0 Å². The van der Waals surface area contributed by atoms with Gasteiger partial charge in [-0.1, -0.05) is 5.16 Å². The Balaban J connectivity index is 1.87. The molecule has 1 N–H and O–H groups in total. The summed E-state index contributed by atoms with van der Waals surface area (Å²) in [4.78, 5) is 13.8. The minimum atomic E-state index is -0.131. The molecule has 0 aliphatic rings. The van der Waals surface area contributed by atoms with Crippen molar-refractivity contribution in [3.63, 3.8) is 0 Å². The third kappa shape index (κ3) is 3.87. The number of carbonyl (C=O) groups excluding carboxylic acids is 1. The molecular weight excluding hydrogens is 270 g/mol. The molecule has 0 aliphatic carbocycles. The van der Waals surface area contributed by atoms with E-state index in [0.717, 1.165) is 22.8 Å². The highest BCUT2D eigenvalue weighted by Gasteiger charge is 2.17. The van der Waals surface area contributed by atoms with Gasteiger partial charge in [-0.05, 0) is 32.9 Å². The van der Waals surface area contributed by atoms with E-state index in [1.807, 2.05) is 32.9 Å². The molecule has 2 heterocycles. The Labute approximate surface area is 124 Å². The van der Waals surface area contributed by atoms with Crippen molar-refractivity contribution in [3.8, 4) is 0 Å². The third-order valence-electron chi connectivity index (χ3n) is 3.38. The highest BCUT2D eigenvalue weighted by molar-refractivity contribution is 5.74. The molecule has 21 heavy (non-hydrogen) atoms. The molecule has 0 radical (unpaired) electrons. The van der Waals surface area contributed by atoms with Crippen LogP contribution in [-0.2, 0) is 13.0 Å². The molecule has 0 saturated heterocycles. The summed E-state index contributed by atoms with van der Waals surface area (Å²) in [6.07, 6.45) is 2.30. The lowest BCUT2D eigenvalue weighted by atomic mass is 10.2. The molecule has 2 aromatic rings. The van der Waals surface area contributed by atoms with E-state index in [2.05, 4.69) is 10.5 Å². The van der Waals surface area contributed by atoms with Crippen LogP contribution in [0.2, 0.25) is 0 Å². The topological polar surface area (TPSA) is 71.5 Å². The number of amides is 2. The van der Waals surface area contributed by atoms with Crippen LogP contribution in [0.25, 0.3) is 0 Å². The van der Waals surface area contributed by atoms with Crippen LogP contribution in [0.5, 0.6) is 0 Å². The Bertz CT molecular complexity index is 570. The Morgan fingerprint density at radius 3 is 2.81 bits per heavy atom. The van der Waals surface area contributed by atoms with Gasteiger partial charge < -0.3 is 19.2 Å². The van der Waals surface area contributed by atoms with Crippen LogP contribution in [-0.4, -0.2) is 29.2 Å². The Kier molecular flexibility index (Phi) is 4.67. The van der Waals surface area contributed by atoms with E-state index in [9.17, 15) is 4.79 Å². The van der Waals surface area contributed by atoms with Crippen molar-refractivity contribution >= 4 is 6.03 Å². The first-order valence-corrected chi connectivity index (χ1v) is 6.93. The predicted octanol–water partition coefficient (Wildman–Crippen LogP) is 2.66. The van der Waals surface area contributed by atoms with Gasteiger partial charge in [-0.3, -0.25) is 0 Å². The molecule has 2 amide bonds. The maximum absolute atomic E-state index is 12.2. The number of carbonyl (C=O) groups is 1. The largest absolute Gasteiger partial charge is 0.469 e. The van der Waals surface area contributed by atoms with Gasteiger partial charge in [-0.15, -0.1) is 0 Å². The van der Waals surface area contributed by atoms with Crippen molar-refractivity contribution in [3.05, 3.63) is 41.2 Å². The van der Waals surface area contributed by atoms with E-state index in [0.29, 0.717) is 13.0 Å². The average Bonchev–Trinajstić information content (AvgIpc) is 3.03. The highest BCUT2D eigenvalue weighted by Crippen LogP contribution is 2.14. The van der Waals surface area contributed by atoms with E-state index >= 15 is 0 Å². The molecule has 0 aromatic carbocycles. The van der Waals surface area contributed by atoms with E-state index in [4.69, 9.17) is 8.94 Å². The summed E-state index contributed by atoms with van der Waals surface area (Å²) < 4.78 is 10.4. The van der Waals surface area contributed by atoms with Gasteiger partial charge in [0, 0.05) is 25.1 Å². The fraction of sp³-hybridized carbons (Fsp3) is 0.467. The van der Waals surface area contributed by atoms with Crippen molar-refractivity contribution in [1.82, 2.24) is 15.4 Å². The summed E-state index contributed by atoms with van der Waals surface area (Å²) >= 11 is 0. The molecule has 2 aromatic heterocycles. The summed E-state index contributed by atoms with van der Waals surface area (Å²) in [6.45, 7) is 6.14. The van der Waals surface area contributed by atoms with Crippen LogP contribution in [0.4, 0.5) is 4.79 Å². The monoisotopic (exact) mass is 291 g/mol. The lowest BCUT2D eigenvalue weighted by Crippen LogP contribution is -2.42. The second kappa shape index (κ2) is 6.47. The fourth-order valence-corrected chi connectivity index (χ4v) is 2.14. The van der Waals surface area contributed by atoms with Gasteiger partial charge in [-0.2, -0.15) is 0 Å². The maximum atomic E-state index is 12.2. The first-order valence-electron chi connectivity index (χ1n) is 6.93. The average molecular weight is 291 g/mol. The van der Waals surface area contributed by atoms with Crippen molar-refractivity contribution in [2.75, 3.05) is 7.05 Å². The normalized spacial score (nSPS) is 12.2. The molecule has 114 valence electrons. The zero-order valence-corrected chi connectivity index (χ0v) is 12.8. The van der Waals surface area contributed by atoms with Crippen LogP contribution < -0.4 is 5.32 Å². The van der Waals surface area contributed by atoms with Gasteiger partial charge in [0.25, 0.3) is 0 Å². The maximum Gasteiger partial charge on any atom is 0.317 e. The number of aromatic nitrogens is 1. The molecule has 0 saturated carbocycles. The Morgan fingerprint density at radius 2 is 2.24 bits per heavy atom. The minimum absolute atomic E-state index is 0.00392. The molecule has 2 rings (SSSR count). The van der Waals surface area contributed by atoms with Crippen LogP contribution in [0.3, 0.4) is 0 Å². The molecule has 0 aliphatic heterocycles. The van der Waals surface area contributed by atoms with Crippen LogP contribution in [0.15, 0.2) is 27.3 Å². The molecule has 0 fully saturated rings. The number of aryl methyl sites for hydroxylation is 2. The lowest BCUT2D eigenvalue weighted by molar-refractivity contribution is 0.202. The fourth-order valence-electron chi connectivity index (χ4n) is 2.14. The summed E-state index contributed by atoms with van der Waals surface area (Å²) in [6, 6.07) is 3.61. The number of rotatable bonds is 5. The summed E-state index contributed by atoms with van der Waals surface area (Å²) in [7, 11) is 1.75. The summed E-state index contributed by atoms with van der Waals surface area (Å²) in [5, 5.41) is 6.84. The van der Waals surface area contributed by atoms with Crippen LogP contribution in [0, 0.1) is 13.8 Å². The van der Waals surface area contributed by atoms with Gasteiger partial charge >= 0.3 is 6.03 Å². The zero-order valence-electron chi connectivity index (χ0n) is 12.8. The van der Waals surface area contributed by atoms with E-state index in [-0.39, 0.29) is 12.1 Å². The highest BCUT2D eigenvalue weighted by atomic mass is 16.5. The number of furan rings is 1. The number of hydrogen-bond donors (Lipinski definition) is 1. The first kappa shape index (κ1) is 15.2. The van der Waals surface area contributed by atoms with Gasteiger partial charge in [0.1, 0.15) is 11.5 Å². The van der Waals surface area contributed by atoms with E-state index in [1.54, 1.807) is 18.2 Å². The van der Waals surface area contributed by atoms with Crippen molar-refractivity contribution in [1.29, 1.82) is 0 Å². The van der Waals surface area contributed by atoms with Gasteiger partial charge in [0.05, 0.1) is 18.5 Å². The van der Waals surface area contributed by atoms with Crippen LogP contribution >= 0.6 is 0 Å². The SMILES string of the molecule is Cc1noc(C)c1CN(C)C(=O)N[C@@H](C)Cc1ccco1. The standard InChI is InChI=1S/C15H21N3O3/c1-10(8-13-6-5-7-20-13)16-15(19)18(4)9-14-11(2)17-21-12(14)3/h5-7,10H,8-9H2,1-4H3,(H,16,19)/t10-/m0/s1. The molecule has 0 spiro atoms. The van der Waals surface area contributed by atoms with Gasteiger partial charge in [0.2, 0.25) is 0 Å². The Hall–Kier alpha value is -2.24. The second-order valence-electron chi connectivity index (χ2n) is 5.29. The molecule has 0 unspecified atom stereocenters. The number of urea groups is 1. The second-order valence-corrected chi connectivity index (χ2v) is 5.29. The number of nitrogens with one attached hydrogen (secondary N) is 1. The quantitative estimate of drug-likeness (QED) is 0.919. The van der Waals surface area contributed by atoms with Crippen molar-refractivity contribution < 1.29 is 13.7 Å². The smallest absolute Gasteiger partial charge is 0.317 e. The van der Waals surface area contributed by atoms with Gasteiger partial charge in [0.15, 0.2) is 0 Å². The lowest BCUT2D eigenvalue weighted by Gasteiger charge is -2.21.